The van der Waals surface area contributed by atoms with Crippen molar-refractivity contribution in [1.29, 1.82) is 0 Å². The molecule has 1 atom stereocenters. The lowest BCUT2D eigenvalue weighted by atomic mass is 9.93. The summed E-state index contributed by atoms with van der Waals surface area (Å²) >= 11 is 0. The van der Waals surface area contributed by atoms with Crippen molar-refractivity contribution in [3.63, 3.8) is 0 Å². The highest BCUT2D eigenvalue weighted by atomic mass is 19.1. The van der Waals surface area contributed by atoms with Gasteiger partial charge in [-0.05, 0) is 48.4 Å². The summed E-state index contributed by atoms with van der Waals surface area (Å²) in [5.41, 5.74) is 3.30. The van der Waals surface area contributed by atoms with E-state index in [1.807, 2.05) is 43.3 Å². The summed E-state index contributed by atoms with van der Waals surface area (Å²) in [6, 6.07) is 20.7. The molecule has 0 saturated carbocycles. The van der Waals surface area contributed by atoms with Gasteiger partial charge in [0.1, 0.15) is 29.2 Å². The smallest absolute Gasteiger partial charge is 0.137 e. The number of fused-ring (bicyclic) bond motifs is 1. The minimum atomic E-state index is -0.350. The van der Waals surface area contributed by atoms with Crippen molar-refractivity contribution in [3.8, 4) is 5.75 Å². The van der Waals surface area contributed by atoms with Crippen molar-refractivity contribution in [1.82, 2.24) is 0 Å². The first-order valence-electron chi connectivity index (χ1n) is 9.21. The third-order valence-corrected chi connectivity index (χ3v) is 4.79. The van der Waals surface area contributed by atoms with E-state index in [2.05, 4.69) is 0 Å². The van der Waals surface area contributed by atoms with Crippen LogP contribution < -0.4 is 4.74 Å². The zero-order valence-corrected chi connectivity index (χ0v) is 15.5. The molecule has 1 aliphatic rings. The predicted molar refractivity (Wildman–Crippen MR) is 105 cm³/mol. The van der Waals surface area contributed by atoms with E-state index in [4.69, 9.17) is 9.47 Å². The molecular weight excluding hydrogens is 358 g/mol. The monoisotopic (exact) mass is 378 g/mol. The van der Waals surface area contributed by atoms with Crippen LogP contribution in [0.3, 0.4) is 0 Å². The molecule has 3 aromatic rings. The lowest BCUT2D eigenvalue weighted by molar-refractivity contribution is 0.0530. The Bertz CT molecular complexity index is 1010. The maximum atomic E-state index is 13.8. The second-order valence-corrected chi connectivity index (χ2v) is 6.82. The molecule has 0 aromatic heterocycles. The molecule has 1 heterocycles. The van der Waals surface area contributed by atoms with Crippen LogP contribution in [-0.4, -0.2) is 6.10 Å². The van der Waals surface area contributed by atoms with E-state index in [1.54, 1.807) is 12.1 Å². The van der Waals surface area contributed by atoms with Gasteiger partial charge < -0.3 is 9.47 Å². The van der Waals surface area contributed by atoms with Crippen molar-refractivity contribution in [2.75, 3.05) is 0 Å². The zero-order valence-electron chi connectivity index (χ0n) is 15.5. The molecule has 0 spiro atoms. The molecule has 0 fully saturated rings. The second kappa shape index (κ2) is 7.95. The van der Waals surface area contributed by atoms with Crippen molar-refractivity contribution < 1.29 is 18.3 Å². The van der Waals surface area contributed by atoms with Crippen molar-refractivity contribution in [3.05, 3.63) is 107 Å². The van der Waals surface area contributed by atoms with E-state index >= 15 is 0 Å². The molecule has 28 heavy (non-hydrogen) atoms. The van der Waals surface area contributed by atoms with Crippen LogP contribution in [0, 0.1) is 11.6 Å². The summed E-state index contributed by atoms with van der Waals surface area (Å²) in [4.78, 5) is 0. The summed E-state index contributed by atoms with van der Waals surface area (Å²) in [6.45, 7) is 2.34. The topological polar surface area (TPSA) is 18.5 Å². The van der Waals surface area contributed by atoms with Crippen LogP contribution in [-0.2, 0) is 17.8 Å². The lowest BCUT2D eigenvalue weighted by Crippen LogP contribution is -2.22. The highest BCUT2D eigenvalue weighted by molar-refractivity contribution is 5.73. The van der Waals surface area contributed by atoms with E-state index in [-0.39, 0.29) is 17.7 Å². The molecule has 142 valence electrons. The molecule has 4 rings (SSSR count). The molecule has 0 radical (unpaired) electrons. The Labute approximate surface area is 163 Å². The number of hydrogen-bond acceptors (Lipinski definition) is 2. The number of benzene rings is 3. The third-order valence-electron chi connectivity index (χ3n) is 4.79. The van der Waals surface area contributed by atoms with Crippen LogP contribution in [0.2, 0.25) is 0 Å². The summed E-state index contributed by atoms with van der Waals surface area (Å²) < 4.78 is 39.7. The number of hydrogen-bond donors (Lipinski definition) is 0. The van der Waals surface area contributed by atoms with Crippen molar-refractivity contribution >= 4 is 5.57 Å². The standard InChI is InChI=1S/C24H20F2O2/c1-16(27-15-17-6-3-2-4-7-17)24-22(18-8-5-9-20(25)12-18)14-19-13-21(26)10-11-23(19)28-24/h2-13,16H,14-15H2,1H3/t16-/m1/s1. The third kappa shape index (κ3) is 3.97. The number of halogens is 2. The van der Waals surface area contributed by atoms with Gasteiger partial charge in [-0.15, -0.1) is 0 Å². The van der Waals surface area contributed by atoms with Gasteiger partial charge in [-0.25, -0.2) is 8.78 Å². The Kier molecular flexibility index (Phi) is 5.22. The van der Waals surface area contributed by atoms with Gasteiger partial charge >= 0.3 is 0 Å². The molecular formula is C24H20F2O2. The quantitative estimate of drug-likeness (QED) is 0.549. The molecule has 0 amide bonds. The first-order chi connectivity index (χ1) is 13.6. The van der Waals surface area contributed by atoms with Crippen molar-refractivity contribution in [2.24, 2.45) is 0 Å². The first-order valence-corrected chi connectivity index (χ1v) is 9.21. The molecule has 0 bridgehead atoms. The van der Waals surface area contributed by atoms with Gasteiger partial charge in [0.25, 0.3) is 0 Å². The maximum absolute atomic E-state index is 13.8. The SMILES string of the molecule is C[C@@H](OCc1ccccc1)C1=C(c2cccc(F)c2)Cc2cc(F)ccc2O1. The number of ether oxygens (including phenoxy) is 2. The van der Waals surface area contributed by atoms with E-state index in [1.165, 1.54) is 24.3 Å². The summed E-state index contributed by atoms with van der Waals surface area (Å²) in [6.07, 6.45) is 0.0990. The average molecular weight is 378 g/mol. The van der Waals surface area contributed by atoms with Crippen LogP contribution in [0.25, 0.3) is 5.57 Å². The fourth-order valence-corrected chi connectivity index (χ4v) is 3.36. The number of allylic oxidation sites excluding steroid dienone is 1. The number of rotatable bonds is 5. The van der Waals surface area contributed by atoms with Gasteiger partial charge in [-0.3, -0.25) is 0 Å². The van der Waals surface area contributed by atoms with Crippen LogP contribution in [0.4, 0.5) is 8.78 Å². The maximum Gasteiger partial charge on any atom is 0.137 e. The highest BCUT2D eigenvalue weighted by Crippen LogP contribution is 2.37. The highest BCUT2D eigenvalue weighted by Gasteiger charge is 2.26. The zero-order chi connectivity index (χ0) is 19.5. The largest absolute Gasteiger partial charge is 0.458 e. The molecule has 0 saturated heterocycles. The molecule has 0 unspecified atom stereocenters. The minimum Gasteiger partial charge on any atom is -0.458 e. The summed E-state index contributed by atoms with van der Waals surface area (Å²) in [7, 11) is 0. The summed E-state index contributed by atoms with van der Waals surface area (Å²) in [5, 5.41) is 0. The molecule has 2 nitrogen and oxygen atoms in total. The normalized spacial score (nSPS) is 14.4. The van der Waals surface area contributed by atoms with Gasteiger partial charge in [0.05, 0.1) is 6.61 Å². The Morgan fingerprint density at radius 3 is 2.50 bits per heavy atom. The van der Waals surface area contributed by atoms with Gasteiger partial charge in [-0.2, -0.15) is 0 Å². The minimum absolute atomic E-state index is 0.322. The lowest BCUT2D eigenvalue weighted by Gasteiger charge is -2.27. The second-order valence-electron chi connectivity index (χ2n) is 6.82. The Balaban J connectivity index is 1.67. The summed E-state index contributed by atoms with van der Waals surface area (Å²) in [5.74, 6) is 0.581. The molecule has 3 aromatic carbocycles. The van der Waals surface area contributed by atoms with E-state index in [9.17, 15) is 8.78 Å². The Morgan fingerprint density at radius 1 is 0.929 bits per heavy atom. The van der Waals surface area contributed by atoms with E-state index in [0.717, 1.165) is 16.7 Å². The van der Waals surface area contributed by atoms with Crippen LogP contribution in [0.15, 0.2) is 78.6 Å². The van der Waals surface area contributed by atoms with E-state index in [0.29, 0.717) is 30.1 Å². The molecule has 0 N–H and O–H groups in total. The molecule has 4 heteroatoms. The fraction of sp³-hybridized carbons (Fsp3) is 0.167. The molecule has 0 aliphatic carbocycles. The predicted octanol–water partition coefficient (Wildman–Crippen LogP) is 5.92. The van der Waals surface area contributed by atoms with Crippen molar-refractivity contribution in [2.45, 2.75) is 26.1 Å². The fourth-order valence-electron chi connectivity index (χ4n) is 3.36. The first kappa shape index (κ1) is 18.4. The van der Waals surface area contributed by atoms with Gasteiger partial charge in [0.15, 0.2) is 0 Å². The van der Waals surface area contributed by atoms with Gasteiger partial charge in [0, 0.05) is 17.6 Å². The Hall–Kier alpha value is -2.98. The molecule has 1 aliphatic heterocycles. The average Bonchev–Trinajstić information content (AvgIpc) is 2.71. The Morgan fingerprint density at radius 2 is 1.71 bits per heavy atom. The van der Waals surface area contributed by atoms with Crippen LogP contribution >= 0.6 is 0 Å². The van der Waals surface area contributed by atoms with Gasteiger partial charge in [-0.1, -0.05) is 42.5 Å². The van der Waals surface area contributed by atoms with Gasteiger partial charge in [0.2, 0.25) is 0 Å². The van der Waals surface area contributed by atoms with E-state index < -0.39 is 0 Å². The van der Waals surface area contributed by atoms with Crippen LogP contribution in [0.1, 0.15) is 23.6 Å². The van der Waals surface area contributed by atoms with Crippen LogP contribution in [0.5, 0.6) is 5.75 Å².